The predicted molar refractivity (Wildman–Crippen MR) is 184 cm³/mol. The molecule has 4 aromatic heterocycles. The van der Waals surface area contributed by atoms with Gasteiger partial charge >= 0.3 is 0 Å². The molecule has 11 heteroatoms. The molecule has 0 saturated carbocycles. The van der Waals surface area contributed by atoms with Crippen molar-refractivity contribution in [1.82, 2.24) is 39.5 Å². The summed E-state index contributed by atoms with van der Waals surface area (Å²) in [5.74, 6) is 2.64. The van der Waals surface area contributed by atoms with Gasteiger partial charge in [-0.05, 0) is 92.6 Å². The number of nitrogen functional groups attached to an aromatic ring is 1. The second-order valence-electron chi connectivity index (χ2n) is 12.1. The van der Waals surface area contributed by atoms with Crippen LogP contribution in [0.2, 0.25) is 0 Å². The molecule has 1 aliphatic carbocycles. The van der Waals surface area contributed by atoms with Gasteiger partial charge in [-0.1, -0.05) is 12.1 Å². The molecule has 8 rings (SSSR count). The van der Waals surface area contributed by atoms with E-state index in [-0.39, 0.29) is 0 Å². The summed E-state index contributed by atoms with van der Waals surface area (Å²) >= 11 is 0. The largest absolute Gasteiger partial charge is 0.383 e. The molecule has 0 atom stereocenters. The van der Waals surface area contributed by atoms with Gasteiger partial charge in [-0.3, -0.25) is 9.36 Å². The molecule has 0 spiro atoms. The zero-order chi connectivity index (χ0) is 32.6. The lowest BCUT2D eigenvalue weighted by molar-refractivity contribution is -0.119. The summed E-state index contributed by atoms with van der Waals surface area (Å²) in [4.78, 5) is 26.4. The van der Waals surface area contributed by atoms with E-state index in [1.807, 2.05) is 48.4 Å². The summed E-state index contributed by atoms with van der Waals surface area (Å²) in [5.41, 5.74) is 12.4. The third kappa shape index (κ3) is 7.42. The fraction of sp³-hybridized carbons (Fsp3) is 0.361. The molecule has 0 bridgehead atoms. The van der Waals surface area contributed by atoms with Crippen molar-refractivity contribution < 1.29 is 9.53 Å². The first-order valence-corrected chi connectivity index (χ1v) is 16.4. The average Bonchev–Trinajstić information content (AvgIpc) is 3.85. The number of hydrogen-bond acceptors (Lipinski definition) is 8. The van der Waals surface area contributed by atoms with Gasteiger partial charge in [-0.25, -0.2) is 19.6 Å². The van der Waals surface area contributed by atoms with Crippen LogP contribution in [0, 0.1) is 5.92 Å². The lowest BCUT2D eigenvalue weighted by Gasteiger charge is -2.33. The Labute approximate surface area is 275 Å². The van der Waals surface area contributed by atoms with Crippen LogP contribution in [0.1, 0.15) is 37.3 Å². The van der Waals surface area contributed by atoms with E-state index in [1.165, 1.54) is 17.5 Å². The molecule has 2 fully saturated rings. The number of carbonyl (C=O) groups excluding carboxylic acids is 1. The van der Waals surface area contributed by atoms with Gasteiger partial charge in [-0.2, -0.15) is 5.10 Å². The maximum Gasteiger partial charge on any atom is 0.209 e. The number of fused-ring (bicyclic) bond motifs is 2. The van der Waals surface area contributed by atoms with Crippen LogP contribution in [0.15, 0.2) is 79.8 Å². The molecular weight excluding hydrogens is 590 g/mol. The average molecular weight is 634 g/mol. The van der Waals surface area contributed by atoms with E-state index >= 15 is 0 Å². The minimum Gasteiger partial charge on any atom is -0.383 e. The highest BCUT2D eigenvalue weighted by atomic mass is 16.5. The molecule has 6 heterocycles. The zero-order valence-electron chi connectivity index (χ0n) is 27.0. The number of rotatable bonds is 7. The second-order valence-corrected chi connectivity index (χ2v) is 12.1. The molecule has 3 aliphatic rings. The second kappa shape index (κ2) is 15.1. The fourth-order valence-corrected chi connectivity index (χ4v) is 6.15. The van der Waals surface area contributed by atoms with Crippen molar-refractivity contribution in [3.63, 3.8) is 0 Å². The minimum atomic E-state index is 0.447. The number of nitrogens with zero attached hydrogens (tertiary/aromatic N) is 7. The highest BCUT2D eigenvalue weighted by Gasteiger charge is 2.23. The van der Waals surface area contributed by atoms with Crippen molar-refractivity contribution in [3.05, 3.63) is 90.9 Å². The van der Waals surface area contributed by atoms with Gasteiger partial charge in [0, 0.05) is 55.9 Å². The van der Waals surface area contributed by atoms with E-state index < -0.39 is 0 Å². The third-order valence-corrected chi connectivity index (χ3v) is 8.73. The van der Waals surface area contributed by atoms with Crippen molar-refractivity contribution >= 4 is 23.4 Å². The third-order valence-electron chi connectivity index (χ3n) is 8.73. The monoisotopic (exact) mass is 633 g/mol. The quantitative estimate of drug-likeness (QED) is 0.194. The summed E-state index contributed by atoms with van der Waals surface area (Å²) < 4.78 is 8.94. The van der Waals surface area contributed by atoms with E-state index in [1.54, 1.807) is 23.2 Å². The fourth-order valence-electron chi connectivity index (χ4n) is 6.15. The molecular formula is C36H43N9O2. The number of carbonyl (C=O) groups is 1. The summed E-state index contributed by atoms with van der Waals surface area (Å²) in [7, 11) is 0. The SMILES string of the molecule is C=CC.Nc1ncccc1-c1nc2ccc(-n3cccn3)nc2n1-c1ccc2c(c1)CCC2.O=CN1CCC(NCC2COC2)CC1. The van der Waals surface area contributed by atoms with Crippen LogP contribution < -0.4 is 11.1 Å². The van der Waals surface area contributed by atoms with Crippen LogP contribution >= 0.6 is 0 Å². The smallest absolute Gasteiger partial charge is 0.209 e. The molecule has 11 nitrogen and oxygen atoms in total. The highest BCUT2D eigenvalue weighted by Crippen LogP contribution is 2.32. The number of amides is 1. The lowest BCUT2D eigenvalue weighted by atomic mass is 10.0. The highest BCUT2D eigenvalue weighted by molar-refractivity contribution is 5.83. The molecule has 5 aromatic rings. The number of pyridine rings is 2. The first-order valence-electron chi connectivity index (χ1n) is 16.4. The molecule has 1 amide bonds. The number of imidazole rings is 1. The normalized spacial score (nSPS) is 16.0. The van der Waals surface area contributed by atoms with Gasteiger partial charge in [0.2, 0.25) is 6.41 Å². The van der Waals surface area contributed by atoms with Gasteiger partial charge in [0.05, 0.1) is 18.8 Å². The Balaban J connectivity index is 0.000000190. The summed E-state index contributed by atoms with van der Waals surface area (Å²) in [5, 5.41) is 7.86. The number of anilines is 1. The van der Waals surface area contributed by atoms with Crippen molar-refractivity contribution in [1.29, 1.82) is 0 Å². The van der Waals surface area contributed by atoms with Gasteiger partial charge < -0.3 is 20.7 Å². The van der Waals surface area contributed by atoms with Crippen LogP contribution in [0.3, 0.4) is 0 Å². The maximum absolute atomic E-state index is 10.5. The predicted octanol–water partition coefficient (Wildman–Crippen LogP) is 4.77. The summed E-state index contributed by atoms with van der Waals surface area (Å²) in [6, 6.07) is 16.8. The Morgan fingerprint density at radius 3 is 2.55 bits per heavy atom. The zero-order valence-corrected chi connectivity index (χ0v) is 27.0. The van der Waals surface area contributed by atoms with Gasteiger partial charge in [0.25, 0.3) is 0 Å². The summed E-state index contributed by atoms with van der Waals surface area (Å²) in [6.07, 6.45) is 13.6. The number of benzene rings is 1. The summed E-state index contributed by atoms with van der Waals surface area (Å²) in [6.45, 7) is 9.97. The number of hydrogen-bond donors (Lipinski definition) is 2. The van der Waals surface area contributed by atoms with Crippen molar-refractivity contribution in [2.45, 2.75) is 45.1 Å². The van der Waals surface area contributed by atoms with Crippen LogP contribution in [-0.4, -0.2) is 79.5 Å². The van der Waals surface area contributed by atoms with E-state index in [2.05, 4.69) is 44.7 Å². The number of likely N-dealkylation sites (tertiary alicyclic amines) is 1. The molecule has 2 aliphatic heterocycles. The van der Waals surface area contributed by atoms with Crippen LogP contribution in [-0.2, 0) is 22.4 Å². The van der Waals surface area contributed by atoms with Gasteiger partial charge in [-0.15, -0.1) is 6.58 Å². The first-order chi connectivity index (χ1) is 23.1. The molecule has 47 heavy (non-hydrogen) atoms. The van der Waals surface area contributed by atoms with Crippen molar-refractivity contribution in [3.8, 4) is 22.9 Å². The minimum absolute atomic E-state index is 0.447. The molecule has 0 unspecified atom stereocenters. The van der Waals surface area contributed by atoms with E-state index in [4.69, 9.17) is 20.4 Å². The Morgan fingerprint density at radius 1 is 1.04 bits per heavy atom. The van der Waals surface area contributed by atoms with Crippen molar-refractivity contribution in [2.75, 3.05) is 38.6 Å². The molecule has 3 N–H and O–H groups in total. The molecule has 2 saturated heterocycles. The number of allylic oxidation sites excluding steroid dienone is 1. The standard InChI is InChI=1S/C23H19N7.C10H18N2O2.C3H6/c24-21-18(6-2-11-25-21)22-27-19-9-10-20(29-13-3-12-26-29)28-23(19)30(22)17-8-7-15-4-1-5-16(15)14-17;13-8-12-3-1-10(2-4-12)11-5-9-6-14-7-9;1-3-2/h2-3,6-14H,1,4-5H2,(H2,24,25);8-11H,1-7H2;3H,1H2,2H3. The Morgan fingerprint density at radius 2 is 1.85 bits per heavy atom. The van der Waals surface area contributed by atoms with E-state index in [0.29, 0.717) is 11.9 Å². The first kappa shape index (κ1) is 32.1. The number of aromatic nitrogens is 6. The Bertz CT molecular complexity index is 1790. The molecule has 0 radical (unpaired) electrons. The number of ether oxygens (including phenoxy) is 1. The lowest BCUT2D eigenvalue weighted by Crippen LogP contribution is -2.46. The van der Waals surface area contributed by atoms with Crippen LogP contribution in [0.5, 0.6) is 0 Å². The van der Waals surface area contributed by atoms with E-state index in [9.17, 15) is 4.79 Å². The molecule has 244 valence electrons. The van der Waals surface area contributed by atoms with E-state index in [0.717, 1.165) is 105 Å². The van der Waals surface area contributed by atoms with Crippen molar-refractivity contribution in [2.24, 2.45) is 5.92 Å². The van der Waals surface area contributed by atoms with Crippen LogP contribution in [0.25, 0.3) is 34.1 Å². The number of nitrogens with one attached hydrogen (secondary N) is 1. The van der Waals surface area contributed by atoms with Gasteiger partial charge in [0.1, 0.15) is 11.3 Å². The number of aryl methyl sites for hydroxylation is 2. The van der Waals surface area contributed by atoms with Gasteiger partial charge in [0.15, 0.2) is 17.3 Å². The number of nitrogens with two attached hydrogens (primary N) is 1. The van der Waals surface area contributed by atoms with Crippen LogP contribution in [0.4, 0.5) is 5.82 Å². The topological polar surface area (TPSA) is 129 Å². The maximum atomic E-state index is 10.5. The molecule has 1 aromatic carbocycles. The Hall–Kier alpha value is -4.87. The number of piperidine rings is 1. The Kier molecular flexibility index (Phi) is 10.3.